The first kappa shape index (κ1) is 14.8. The minimum atomic E-state index is -3.47. The van der Waals surface area contributed by atoms with Crippen LogP contribution in [0.3, 0.4) is 0 Å². The Balaban J connectivity index is 1.73. The third kappa shape index (κ3) is 3.22. The van der Waals surface area contributed by atoms with Crippen molar-refractivity contribution < 1.29 is 17.9 Å². The highest BCUT2D eigenvalue weighted by Crippen LogP contribution is 2.23. The van der Waals surface area contributed by atoms with Crippen molar-refractivity contribution in [2.24, 2.45) is 0 Å². The molecule has 116 valence electrons. The first-order valence-electron chi connectivity index (χ1n) is 6.88. The fourth-order valence-electron chi connectivity index (χ4n) is 2.43. The van der Waals surface area contributed by atoms with Gasteiger partial charge in [0.15, 0.2) is 0 Å². The Morgan fingerprint density at radius 2 is 1.86 bits per heavy atom. The fraction of sp³-hybridized carbons (Fsp3) is 0.667. The molecular formula is C12H18N4O4S. The second kappa shape index (κ2) is 6.32. The Morgan fingerprint density at radius 3 is 2.57 bits per heavy atom. The highest BCUT2D eigenvalue weighted by Gasteiger charge is 2.35. The summed E-state index contributed by atoms with van der Waals surface area (Å²) in [5.74, 6) is 0. The van der Waals surface area contributed by atoms with Gasteiger partial charge in [0.1, 0.15) is 6.10 Å². The Kier molecular flexibility index (Phi) is 4.45. The van der Waals surface area contributed by atoms with Crippen molar-refractivity contribution in [1.82, 2.24) is 18.6 Å². The van der Waals surface area contributed by atoms with Gasteiger partial charge in [0.05, 0.1) is 31.7 Å². The first-order valence-corrected chi connectivity index (χ1v) is 8.28. The van der Waals surface area contributed by atoms with E-state index < -0.39 is 10.2 Å². The molecule has 1 atom stereocenters. The summed E-state index contributed by atoms with van der Waals surface area (Å²) < 4.78 is 39.0. The van der Waals surface area contributed by atoms with E-state index in [0.29, 0.717) is 45.1 Å². The van der Waals surface area contributed by atoms with Gasteiger partial charge in [-0.2, -0.15) is 17.0 Å². The summed E-state index contributed by atoms with van der Waals surface area (Å²) in [5.41, 5.74) is 0.652. The van der Waals surface area contributed by atoms with E-state index in [2.05, 4.69) is 9.97 Å². The van der Waals surface area contributed by atoms with Gasteiger partial charge in [-0.25, -0.2) is 0 Å². The van der Waals surface area contributed by atoms with E-state index in [1.165, 1.54) is 8.61 Å². The monoisotopic (exact) mass is 314 g/mol. The number of hydrogen-bond acceptors (Lipinski definition) is 6. The van der Waals surface area contributed by atoms with Gasteiger partial charge in [-0.05, 0) is 0 Å². The molecule has 8 nitrogen and oxygen atoms in total. The summed E-state index contributed by atoms with van der Waals surface area (Å²) in [6.45, 7) is 2.65. The van der Waals surface area contributed by atoms with Crippen LogP contribution in [0.25, 0.3) is 0 Å². The molecule has 2 aliphatic heterocycles. The molecule has 2 fully saturated rings. The lowest BCUT2D eigenvalue weighted by atomic mass is 10.2. The van der Waals surface area contributed by atoms with Gasteiger partial charge in [0.2, 0.25) is 0 Å². The fourth-order valence-corrected chi connectivity index (χ4v) is 4.00. The zero-order valence-corrected chi connectivity index (χ0v) is 12.4. The summed E-state index contributed by atoms with van der Waals surface area (Å²) in [7, 11) is -3.47. The molecule has 2 aliphatic rings. The van der Waals surface area contributed by atoms with Crippen LogP contribution in [0.5, 0.6) is 0 Å². The summed E-state index contributed by atoms with van der Waals surface area (Å²) in [6.07, 6.45) is 4.39. The molecule has 0 N–H and O–H groups in total. The van der Waals surface area contributed by atoms with Gasteiger partial charge in [-0.1, -0.05) is 0 Å². The molecule has 0 aliphatic carbocycles. The molecule has 0 unspecified atom stereocenters. The van der Waals surface area contributed by atoms with Crippen molar-refractivity contribution in [1.29, 1.82) is 0 Å². The quantitative estimate of drug-likeness (QED) is 0.742. The number of rotatable bonds is 3. The Bertz CT molecular complexity index is 562. The van der Waals surface area contributed by atoms with Crippen LogP contribution >= 0.6 is 0 Å². The second-order valence-corrected chi connectivity index (χ2v) is 6.80. The largest absolute Gasteiger partial charge is 0.379 e. The Morgan fingerprint density at radius 1 is 1.10 bits per heavy atom. The van der Waals surface area contributed by atoms with Gasteiger partial charge >= 0.3 is 0 Å². The Hall–Kier alpha value is -1.13. The smallest absolute Gasteiger partial charge is 0.282 e. The molecular weight excluding hydrogens is 296 g/mol. The van der Waals surface area contributed by atoms with E-state index >= 15 is 0 Å². The molecule has 2 saturated heterocycles. The van der Waals surface area contributed by atoms with Crippen LogP contribution in [0.4, 0.5) is 0 Å². The average molecular weight is 314 g/mol. The molecule has 3 rings (SSSR count). The molecule has 0 bridgehead atoms. The second-order valence-electron chi connectivity index (χ2n) is 4.87. The number of ether oxygens (including phenoxy) is 2. The number of morpholine rings is 2. The van der Waals surface area contributed by atoms with Crippen LogP contribution in [0.15, 0.2) is 18.6 Å². The minimum Gasteiger partial charge on any atom is -0.379 e. The molecule has 21 heavy (non-hydrogen) atoms. The van der Waals surface area contributed by atoms with Gasteiger partial charge in [-0.3, -0.25) is 9.97 Å². The van der Waals surface area contributed by atoms with E-state index in [0.717, 1.165) is 0 Å². The molecule has 1 aromatic heterocycles. The lowest BCUT2D eigenvalue weighted by Crippen LogP contribution is -2.52. The lowest BCUT2D eigenvalue weighted by molar-refractivity contribution is -0.00864. The third-order valence-electron chi connectivity index (χ3n) is 3.56. The summed E-state index contributed by atoms with van der Waals surface area (Å²) >= 11 is 0. The number of hydrogen-bond donors (Lipinski definition) is 0. The van der Waals surface area contributed by atoms with Gasteiger partial charge in [0, 0.05) is 38.6 Å². The zero-order chi connectivity index (χ0) is 14.7. The maximum Gasteiger partial charge on any atom is 0.282 e. The van der Waals surface area contributed by atoms with Crippen LogP contribution < -0.4 is 0 Å². The van der Waals surface area contributed by atoms with Crippen LogP contribution in [0, 0.1) is 0 Å². The van der Waals surface area contributed by atoms with Crippen molar-refractivity contribution in [3.8, 4) is 0 Å². The zero-order valence-electron chi connectivity index (χ0n) is 11.6. The predicted octanol–water partition coefficient (Wildman–Crippen LogP) is -0.573. The van der Waals surface area contributed by atoms with E-state index in [4.69, 9.17) is 9.47 Å². The van der Waals surface area contributed by atoms with Gasteiger partial charge in [0.25, 0.3) is 10.2 Å². The number of aromatic nitrogens is 2. The molecule has 0 radical (unpaired) electrons. The SMILES string of the molecule is O=S(=O)(N1CCOCC1)N1CCO[C@H](c2cnccn2)C1. The first-order chi connectivity index (χ1) is 10.2. The van der Waals surface area contributed by atoms with Crippen molar-refractivity contribution >= 4 is 10.2 Å². The van der Waals surface area contributed by atoms with Crippen LogP contribution in [0.2, 0.25) is 0 Å². The predicted molar refractivity (Wildman–Crippen MR) is 73.6 cm³/mol. The van der Waals surface area contributed by atoms with Gasteiger partial charge in [-0.15, -0.1) is 0 Å². The molecule has 3 heterocycles. The minimum absolute atomic E-state index is 0.262. The molecule has 9 heteroatoms. The third-order valence-corrected chi connectivity index (χ3v) is 5.57. The maximum absolute atomic E-state index is 12.6. The summed E-state index contributed by atoms with van der Waals surface area (Å²) in [5, 5.41) is 0. The number of nitrogens with zero attached hydrogens (tertiary/aromatic N) is 4. The maximum atomic E-state index is 12.6. The van der Waals surface area contributed by atoms with E-state index in [-0.39, 0.29) is 12.6 Å². The Labute approximate surface area is 123 Å². The summed E-state index contributed by atoms with van der Waals surface area (Å²) in [6, 6.07) is 0. The summed E-state index contributed by atoms with van der Waals surface area (Å²) in [4.78, 5) is 8.19. The molecule has 0 spiro atoms. The van der Waals surface area contributed by atoms with Gasteiger partial charge < -0.3 is 9.47 Å². The standard InChI is InChI=1S/C12H18N4O4S/c17-21(18,15-3-6-19-7-4-15)16-5-8-20-12(10-16)11-9-13-1-2-14-11/h1-2,9,12H,3-8,10H2/t12-/m0/s1. The molecule has 1 aromatic rings. The molecule has 0 saturated carbocycles. The van der Waals surface area contributed by atoms with E-state index in [9.17, 15) is 8.42 Å². The van der Waals surface area contributed by atoms with Crippen molar-refractivity contribution in [3.63, 3.8) is 0 Å². The van der Waals surface area contributed by atoms with Crippen molar-refractivity contribution in [2.75, 3.05) is 46.0 Å². The van der Waals surface area contributed by atoms with Crippen LogP contribution in [-0.4, -0.2) is 73.0 Å². The normalized spacial score (nSPS) is 25.8. The highest BCUT2D eigenvalue weighted by atomic mass is 32.2. The highest BCUT2D eigenvalue weighted by molar-refractivity contribution is 7.86. The lowest BCUT2D eigenvalue weighted by Gasteiger charge is -2.36. The molecule has 0 aromatic carbocycles. The van der Waals surface area contributed by atoms with Crippen LogP contribution in [-0.2, 0) is 19.7 Å². The van der Waals surface area contributed by atoms with E-state index in [1.807, 2.05) is 0 Å². The van der Waals surface area contributed by atoms with E-state index in [1.54, 1.807) is 18.6 Å². The molecule has 0 amide bonds. The van der Waals surface area contributed by atoms with Crippen LogP contribution in [0.1, 0.15) is 11.8 Å². The van der Waals surface area contributed by atoms with Crippen molar-refractivity contribution in [2.45, 2.75) is 6.10 Å². The van der Waals surface area contributed by atoms with Crippen molar-refractivity contribution in [3.05, 3.63) is 24.3 Å². The average Bonchev–Trinajstić information content (AvgIpc) is 2.57. The topological polar surface area (TPSA) is 84.9 Å².